The number of nitro benzene ring substituents is 1. The zero-order valence-electron chi connectivity index (χ0n) is 9.02. The van der Waals surface area contributed by atoms with Gasteiger partial charge in [-0.3, -0.25) is 20.3 Å². The first-order chi connectivity index (χ1) is 8.40. The summed E-state index contributed by atoms with van der Waals surface area (Å²) in [6.45, 7) is 1.39. The molecule has 1 aromatic rings. The van der Waals surface area contributed by atoms with Gasteiger partial charge < -0.3 is 0 Å². The smallest absolute Gasteiger partial charge is 0.297 e. The molecule has 96 valence electrons. The topological polar surface area (TPSA) is 93.8 Å². The van der Waals surface area contributed by atoms with Crippen molar-refractivity contribution in [2.75, 3.05) is 5.32 Å². The summed E-state index contributed by atoms with van der Waals surface area (Å²) in [5.41, 5.74) is -0.764. The number of halogens is 2. The van der Waals surface area contributed by atoms with Crippen molar-refractivity contribution in [3.8, 4) is 0 Å². The highest BCUT2D eigenvalue weighted by Crippen LogP contribution is 2.21. The zero-order chi connectivity index (χ0) is 13.7. The molecule has 0 bridgehead atoms. The first-order valence-corrected chi connectivity index (χ1v) is 4.90. The van der Waals surface area contributed by atoms with Gasteiger partial charge in [-0.05, 0) is 19.1 Å². The molecule has 18 heavy (non-hydrogen) atoms. The Morgan fingerprint density at radius 2 is 2.28 bits per heavy atom. The fourth-order valence-corrected chi connectivity index (χ4v) is 1.01. The van der Waals surface area contributed by atoms with E-state index >= 15 is 0 Å². The fourth-order valence-electron chi connectivity index (χ4n) is 0.975. The highest BCUT2D eigenvalue weighted by atomic mass is 35.5. The first-order valence-electron chi connectivity index (χ1n) is 4.52. The van der Waals surface area contributed by atoms with E-state index in [9.17, 15) is 19.3 Å². The summed E-state index contributed by atoms with van der Waals surface area (Å²) in [5.74, 6) is -1.01. The number of nitrogens with zero attached hydrogens (tertiary/aromatic N) is 2. The lowest BCUT2D eigenvalue weighted by atomic mass is 10.2. The Morgan fingerprint density at radius 3 is 2.83 bits per heavy atom. The van der Waals surface area contributed by atoms with Gasteiger partial charge in [0.25, 0.3) is 0 Å². The van der Waals surface area contributed by atoms with Crippen molar-refractivity contribution in [3.05, 3.63) is 34.1 Å². The van der Waals surface area contributed by atoms with Crippen molar-refractivity contribution in [1.29, 1.82) is 0 Å². The van der Waals surface area contributed by atoms with Crippen molar-refractivity contribution in [2.24, 2.45) is 5.16 Å². The molecule has 0 fully saturated rings. The molecule has 0 heterocycles. The molecule has 0 unspecified atom stereocenters. The average molecular weight is 276 g/mol. The van der Waals surface area contributed by atoms with Crippen LogP contribution in [0.3, 0.4) is 0 Å². The molecule has 1 N–H and O–H groups in total. The summed E-state index contributed by atoms with van der Waals surface area (Å²) in [4.78, 5) is 24.9. The van der Waals surface area contributed by atoms with Crippen LogP contribution >= 0.6 is 11.6 Å². The molecule has 0 aliphatic rings. The monoisotopic (exact) mass is 275 g/mol. The molecular weight excluding hydrogens is 269 g/mol. The van der Waals surface area contributed by atoms with E-state index in [0.29, 0.717) is 0 Å². The van der Waals surface area contributed by atoms with E-state index in [1.807, 2.05) is 0 Å². The SMILES string of the molecule is CC(Cl)=NOC(=O)Nc1ccc(F)c([N+](=O)[O-])c1. The van der Waals surface area contributed by atoms with Crippen LogP contribution in [0.15, 0.2) is 23.4 Å². The first kappa shape index (κ1) is 13.8. The van der Waals surface area contributed by atoms with Gasteiger partial charge in [0.05, 0.1) is 10.6 Å². The highest BCUT2D eigenvalue weighted by Gasteiger charge is 2.15. The second-order valence-corrected chi connectivity index (χ2v) is 3.56. The molecule has 7 nitrogen and oxygen atoms in total. The van der Waals surface area contributed by atoms with Crippen molar-refractivity contribution in [1.82, 2.24) is 0 Å². The van der Waals surface area contributed by atoms with E-state index in [0.717, 1.165) is 18.2 Å². The number of carbonyl (C=O) groups is 1. The molecule has 0 spiro atoms. The van der Waals surface area contributed by atoms with Crippen LogP contribution in [0.4, 0.5) is 20.6 Å². The van der Waals surface area contributed by atoms with Gasteiger partial charge >= 0.3 is 11.8 Å². The van der Waals surface area contributed by atoms with Crippen molar-refractivity contribution in [2.45, 2.75) is 6.92 Å². The van der Waals surface area contributed by atoms with Gasteiger partial charge in [-0.25, -0.2) is 4.79 Å². The van der Waals surface area contributed by atoms with Crippen LogP contribution < -0.4 is 5.32 Å². The molecule has 0 aliphatic heterocycles. The van der Waals surface area contributed by atoms with E-state index in [4.69, 9.17) is 11.6 Å². The highest BCUT2D eigenvalue weighted by molar-refractivity contribution is 6.64. The van der Waals surface area contributed by atoms with Crippen LogP contribution in [0.2, 0.25) is 0 Å². The average Bonchev–Trinajstić information content (AvgIpc) is 2.28. The number of carbonyl (C=O) groups excluding carboxylic acids is 1. The number of oxime groups is 1. The summed E-state index contributed by atoms with van der Waals surface area (Å²) < 4.78 is 13.0. The van der Waals surface area contributed by atoms with E-state index in [1.165, 1.54) is 6.92 Å². The molecule has 1 amide bonds. The number of benzene rings is 1. The van der Waals surface area contributed by atoms with Crippen molar-refractivity contribution < 1.29 is 18.9 Å². The van der Waals surface area contributed by atoms with Crippen LogP contribution in [0, 0.1) is 15.9 Å². The molecule has 0 atom stereocenters. The summed E-state index contributed by atoms with van der Waals surface area (Å²) >= 11 is 5.32. The standard InChI is InChI=1S/C9H7ClFN3O4/c1-5(10)13-18-9(15)12-6-2-3-7(11)8(4-6)14(16)17/h2-4H,1H3,(H,12,15). The second-order valence-electron chi connectivity index (χ2n) is 3.02. The lowest BCUT2D eigenvalue weighted by Crippen LogP contribution is -2.11. The minimum absolute atomic E-state index is 0.00414. The maximum Gasteiger partial charge on any atom is 0.437 e. The number of nitro groups is 1. The minimum atomic E-state index is -1.01. The van der Waals surface area contributed by atoms with Crippen LogP contribution in [0.25, 0.3) is 0 Å². The third-order valence-electron chi connectivity index (χ3n) is 1.64. The molecule has 0 saturated heterocycles. The quantitative estimate of drug-likeness (QED) is 0.397. The minimum Gasteiger partial charge on any atom is -0.297 e. The molecule has 0 aliphatic carbocycles. The third-order valence-corrected chi connectivity index (χ3v) is 1.71. The predicted octanol–water partition coefficient (Wildman–Crippen LogP) is 2.85. The lowest BCUT2D eigenvalue weighted by Gasteiger charge is -2.02. The largest absolute Gasteiger partial charge is 0.437 e. The Labute approximate surface area is 105 Å². The number of nitrogens with one attached hydrogen (secondary N) is 1. The zero-order valence-corrected chi connectivity index (χ0v) is 9.77. The predicted molar refractivity (Wildman–Crippen MR) is 62.1 cm³/mol. The van der Waals surface area contributed by atoms with E-state index < -0.39 is 22.5 Å². The van der Waals surface area contributed by atoms with E-state index in [1.54, 1.807) is 0 Å². The van der Waals surface area contributed by atoms with Gasteiger partial charge in [0.1, 0.15) is 5.17 Å². The molecule has 0 radical (unpaired) electrons. The van der Waals surface area contributed by atoms with Gasteiger partial charge in [0.15, 0.2) is 0 Å². The van der Waals surface area contributed by atoms with E-state index in [-0.39, 0.29) is 10.9 Å². The summed E-state index contributed by atoms with van der Waals surface area (Å²) in [5, 5.41) is 15.7. The van der Waals surface area contributed by atoms with Gasteiger partial charge in [0.2, 0.25) is 5.82 Å². The van der Waals surface area contributed by atoms with Crippen molar-refractivity contribution in [3.63, 3.8) is 0 Å². The number of amides is 1. The number of anilines is 1. The van der Waals surface area contributed by atoms with Gasteiger partial charge in [-0.1, -0.05) is 16.8 Å². The Bertz CT molecular complexity index is 517. The van der Waals surface area contributed by atoms with Crippen LogP contribution in [0.1, 0.15) is 6.92 Å². The normalized spacial score (nSPS) is 10.9. The van der Waals surface area contributed by atoms with Gasteiger partial charge in [0, 0.05) is 6.07 Å². The number of hydrogen-bond acceptors (Lipinski definition) is 5. The Hall–Kier alpha value is -2.22. The Morgan fingerprint density at radius 1 is 1.61 bits per heavy atom. The van der Waals surface area contributed by atoms with Crippen LogP contribution in [-0.4, -0.2) is 16.2 Å². The fraction of sp³-hybridized carbons (Fsp3) is 0.111. The Balaban J connectivity index is 2.80. The summed E-state index contributed by atoms with van der Waals surface area (Å²) in [6, 6.07) is 2.85. The lowest BCUT2D eigenvalue weighted by molar-refractivity contribution is -0.387. The Kier molecular flexibility index (Phi) is 4.55. The maximum atomic E-state index is 13.0. The van der Waals surface area contributed by atoms with E-state index in [2.05, 4.69) is 15.3 Å². The molecule has 1 rings (SSSR count). The number of rotatable bonds is 3. The summed E-state index contributed by atoms with van der Waals surface area (Å²) in [6.07, 6.45) is -1.00. The molecule has 1 aromatic carbocycles. The third kappa shape index (κ3) is 3.98. The van der Waals surface area contributed by atoms with Crippen LogP contribution in [0.5, 0.6) is 0 Å². The summed E-state index contributed by atoms with van der Waals surface area (Å²) in [7, 11) is 0. The second kappa shape index (κ2) is 5.92. The molecular formula is C9H7ClFN3O4. The van der Waals surface area contributed by atoms with Crippen molar-refractivity contribution >= 4 is 34.2 Å². The van der Waals surface area contributed by atoms with Gasteiger partial charge in [-0.2, -0.15) is 4.39 Å². The van der Waals surface area contributed by atoms with Crippen LogP contribution in [-0.2, 0) is 4.84 Å². The van der Waals surface area contributed by atoms with Gasteiger partial charge in [-0.15, -0.1) is 0 Å². The number of hydrogen-bond donors (Lipinski definition) is 1. The molecule has 0 saturated carbocycles. The molecule has 9 heteroatoms. The molecule has 0 aromatic heterocycles. The maximum absolute atomic E-state index is 13.0.